The monoisotopic (exact) mass is 357 g/mol. The summed E-state index contributed by atoms with van der Waals surface area (Å²) in [6.45, 7) is 5.14. The number of rotatable bonds is 7. The second kappa shape index (κ2) is 8.47. The predicted molar refractivity (Wildman–Crippen MR) is 96.8 cm³/mol. The molecule has 1 heterocycles. The lowest BCUT2D eigenvalue weighted by atomic mass is 9.95. The Bertz CT molecular complexity index is 754. The standard InChI is InChI=1S/C20H23NO5/c1-20(2,3)19(24)21-15-8-6-14(7-9-15)17(22)13-26-18(23)11-10-16-5-4-12-25-16/h4-9,12H,10-11,13H2,1-3H3,(H,21,24). The number of ether oxygens (including phenoxy) is 1. The molecule has 0 unspecified atom stereocenters. The number of carbonyl (C=O) groups excluding carboxylic acids is 3. The summed E-state index contributed by atoms with van der Waals surface area (Å²) < 4.78 is 10.1. The number of benzene rings is 1. The van der Waals surface area contributed by atoms with Crippen LogP contribution in [0.25, 0.3) is 0 Å². The van der Waals surface area contributed by atoms with Gasteiger partial charge in [-0.2, -0.15) is 0 Å². The molecule has 0 atom stereocenters. The lowest BCUT2D eigenvalue weighted by Crippen LogP contribution is -2.27. The van der Waals surface area contributed by atoms with Crippen molar-refractivity contribution in [3.8, 4) is 0 Å². The van der Waals surface area contributed by atoms with Crippen LogP contribution >= 0.6 is 0 Å². The maximum atomic E-state index is 12.1. The molecule has 0 bridgehead atoms. The summed E-state index contributed by atoms with van der Waals surface area (Å²) >= 11 is 0. The highest BCUT2D eigenvalue weighted by Crippen LogP contribution is 2.18. The average molecular weight is 357 g/mol. The van der Waals surface area contributed by atoms with Gasteiger partial charge in [0.05, 0.1) is 12.7 Å². The highest BCUT2D eigenvalue weighted by atomic mass is 16.5. The molecule has 26 heavy (non-hydrogen) atoms. The van der Waals surface area contributed by atoms with Crippen molar-refractivity contribution in [1.29, 1.82) is 0 Å². The van der Waals surface area contributed by atoms with Crippen LogP contribution in [0.15, 0.2) is 47.1 Å². The summed E-state index contributed by atoms with van der Waals surface area (Å²) in [5, 5.41) is 2.78. The minimum atomic E-state index is -0.502. The van der Waals surface area contributed by atoms with Crippen LogP contribution < -0.4 is 5.32 Å². The van der Waals surface area contributed by atoms with Crippen molar-refractivity contribution in [3.05, 3.63) is 54.0 Å². The predicted octanol–water partition coefficient (Wildman–Crippen LogP) is 3.62. The Hall–Kier alpha value is -2.89. The van der Waals surface area contributed by atoms with Crippen molar-refractivity contribution in [2.45, 2.75) is 33.6 Å². The van der Waals surface area contributed by atoms with Crippen molar-refractivity contribution >= 4 is 23.3 Å². The number of ketones is 1. The molecule has 0 aliphatic rings. The fraction of sp³-hybridized carbons (Fsp3) is 0.350. The molecule has 1 N–H and O–H groups in total. The third-order valence-corrected chi connectivity index (χ3v) is 3.67. The zero-order chi connectivity index (χ0) is 19.2. The van der Waals surface area contributed by atoms with Gasteiger partial charge in [0, 0.05) is 23.1 Å². The third-order valence-electron chi connectivity index (χ3n) is 3.67. The van der Waals surface area contributed by atoms with Gasteiger partial charge < -0.3 is 14.5 Å². The highest BCUT2D eigenvalue weighted by molar-refractivity contribution is 5.99. The maximum absolute atomic E-state index is 12.1. The van der Waals surface area contributed by atoms with E-state index in [-0.39, 0.29) is 24.7 Å². The van der Waals surface area contributed by atoms with Crippen molar-refractivity contribution in [2.24, 2.45) is 5.41 Å². The van der Waals surface area contributed by atoms with Crippen LogP contribution in [0.4, 0.5) is 5.69 Å². The molecule has 138 valence electrons. The van der Waals surface area contributed by atoms with Crippen LogP contribution in [-0.4, -0.2) is 24.3 Å². The number of amides is 1. The molecule has 0 aliphatic heterocycles. The Morgan fingerprint density at radius 3 is 2.35 bits per heavy atom. The van der Waals surface area contributed by atoms with E-state index >= 15 is 0 Å². The molecule has 6 nitrogen and oxygen atoms in total. The first-order valence-electron chi connectivity index (χ1n) is 8.38. The van der Waals surface area contributed by atoms with Crippen molar-refractivity contribution < 1.29 is 23.5 Å². The molecule has 0 fully saturated rings. The Morgan fingerprint density at radius 2 is 1.77 bits per heavy atom. The molecular formula is C20H23NO5. The van der Waals surface area contributed by atoms with E-state index in [1.54, 1.807) is 36.4 Å². The van der Waals surface area contributed by atoms with E-state index in [1.807, 2.05) is 20.8 Å². The van der Waals surface area contributed by atoms with E-state index in [4.69, 9.17) is 9.15 Å². The van der Waals surface area contributed by atoms with Gasteiger partial charge in [-0.1, -0.05) is 20.8 Å². The van der Waals surface area contributed by atoms with E-state index < -0.39 is 11.4 Å². The minimum Gasteiger partial charge on any atom is -0.469 e. The number of anilines is 1. The van der Waals surface area contributed by atoms with Crippen LogP contribution in [-0.2, 0) is 20.7 Å². The summed E-state index contributed by atoms with van der Waals surface area (Å²) in [7, 11) is 0. The van der Waals surface area contributed by atoms with Gasteiger partial charge in [-0.15, -0.1) is 0 Å². The lowest BCUT2D eigenvalue weighted by Gasteiger charge is -2.17. The number of esters is 1. The van der Waals surface area contributed by atoms with E-state index in [2.05, 4.69) is 5.32 Å². The summed E-state index contributed by atoms with van der Waals surface area (Å²) in [4.78, 5) is 35.7. The van der Waals surface area contributed by atoms with E-state index in [1.165, 1.54) is 6.26 Å². The molecule has 0 spiro atoms. The van der Waals surface area contributed by atoms with Gasteiger partial charge in [-0.05, 0) is 36.4 Å². The molecule has 0 aliphatic carbocycles. The molecule has 6 heteroatoms. The maximum Gasteiger partial charge on any atom is 0.306 e. The van der Waals surface area contributed by atoms with E-state index in [0.29, 0.717) is 23.4 Å². The molecule has 2 aromatic rings. The fourth-order valence-electron chi connectivity index (χ4n) is 2.04. The Balaban J connectivity index is 1.80. The third kappa shape index (κ3) is 5.88. The van der Waals surface area contributed by atoms with Gasteiger partial charge in [-0.3, -0.25) is 14.4 Å². The second-order valence-corrected chi connectivity index (χ2v) is 6.94. The largest absolute Gasteiger partial charge is 0.469 e. The number of furan rings is 1. The topological polar surface area (TPSA) is 85.6 Å². The van der Waals surface area contributed by atoms with Crippen molar-refractivity contribution in [1.82, 2.24) is 0 Å². The molecule has 1 aromatic carbocycles. The second-order valence-electron chi connectivity index (χ2n) is 6.94. The highest BCUT2D eigenvalue weighted by Gasteiger charge is 2.21. The van der Waals surface area contributed by atoms with Crippen LogP contribution in [0, 0.1) is 5.41 Å². The van der Waals surface area contributed by atoms with Gasteiger partial charge in [0.2, 0.25) is 5.91 Å². The first kappa shape index (κ1) is 19.4. The summed E-state index contributed by atoms with van der Waals surface area (Å²) in [6, 6.07) is 10.0. The van der Waals surface area contributed by atoms with Crippen molar-refractivity contribution in [2.75, 3.05) is 11.9 Å². The van der Waals surface area contributed by atoms with Gasteiger partial charge >= 0.3 is 5.97 Å². The lowest BCUT2D eigenvalue weighted by molar-refractivity contribution is -0.142. The first-order chi connectivity index (χ1) is 12.3. The molecule has 2 rings (SSSR count). The fourth-order valence-corrected chi connectivity index (χ4v) is 2.04. The number of carbonyl (C=O) groups is 3. The van der Waals surface area contributed by atoms with E-state index in [9.17, 15) is 14.4 Å². The average Bonchev–Trinajstić information content (AvgIpc) is 3.11. The normalized spacial score (nSPS) is 11.0. The SMILES string of the molecule is CC(C)(C)C(=O)Nc1ccc(C(=O)COC(=O)CCc2ccco2)cc1. The van der Waals surface area contributed by atoms with Gasteiger partial charge in [-0.25, -0.2) is 0 Å². The van der Waals surface area contributed by atoms with Crippen molar-refractivity contribution in [3.63, 3.8) is 0 Å². The Kier molecular flexibility index (Phi) is 6.33. The molecule has 0 saturated heterocycles. The van der Waals surface area contributed by atoms with Crippen LogP contribution in [0.5, 0.6) is 0 Å². The molecule has 1 amide bonds. The number of aryl methyl sites for hydroxylation is 1. The number of hydrogen-bond acceptors (Lipinski definition) is 5. The summed E-state index contributed by atoms with van der Waals surface area (Å²) in [5.41, 5.74) is 0.521. The van der Waals surface area contributed by atoms with Crippen LogP contribution in [0.2, 0.25) is 0 Å². The zero-order valence-electron chi connectivity index (χ0n) is 15.2. The van der Waals surface area contributed by atoms with Gasteiger partial charge in [0.25, 0.3) is 0 Å². The van der Waals surface area contributed by atoms with Crippen LogP contribution in [0.1, 0.15) is 43.3 Å². The molecular weight excluding hydrogens is 334 g/mol. The molecule has 1 aromatic heterocycles. The minimum absolute atomic E-state index is 0.109. The number of hydrogen-bond donors (Lipinski definition) is 1. The quantitative estimate of drug-likeness (QED) is 0.604. The summed E-state index contributed by atoms with van der Waals surface area (Å²) in [5.74, 6) is -0.169. The number of nitrogens with one attached hydrogen (secondary N) is 1. The van der Waals surface area contributed by atoms with E-state index in [0.717, 1.165) is 0 Å². The number of Topliss-reactive ketones (excluding diaryl/α,β-unsaturated/α-hetero) is 1. The molecule has 0 radical (unpaired) electrons. The Labute approximate surface area is 152 Å². The smallest absolute Gasteiger partial charge is 0.306 e. The first-order valence-corrected chi connectivity index (χ1v) is 8.38. The molecule has 0 saturated carbocycles. The van der Waals surface area contributed by atoms with Gasteiger partial charge in [0.1, 0.15) is 5.76 Å². The van der Waals surface area contributed by atoms with Gasteiger partial charge in [0.15, 0.2) is 12.4 Å². The van der Waals surface area contributed by atoms with Crippen LogP contribution in [0.3, 0.4) is 0 Å². The Morgan fingerprint density at radius 1 is 1.08 bits per heavy atom. The summed E-state index contributed by atoms with van der Waals surface area (Å²) in [6.07, 6.45) is 2.12. The zero-order valence-corrected chi connectivity index (χ0v) is 15.2.